The monoisotopic (exact) mass is 201 g/mol. The van der Waals surface area contributed by atoms with Gasteiger partial charge in [-0.25, -0.2) is 0 Å². The highest BCUT2D eigenvalue weighted by atomic mass is 16.5. The quantitative estimate of drug-likeness (QED) is 0.289. The first-order chi connectivity index (χ1) is 6.77. The van der Waals surface area contributed by atoms with Crippen LogP contribution < -0.4 is 5.73 Å². The smallest absolute Gasteiger partial charge is 0.153 e. The van der Waals surface area contributed by atoms with Crippen molar-refractivity contribution in [3.05, 3.63) is 0 Å². The Morgan fingerprint density at radius 1 is 1.71 bits per heavy atom. The molecular weight excluding hydrogens is 182 g/mol. The van der Waals surface area contributed by atoms with Crippen molar-refractivity contribution in [1.82, 2.24) is 4.90 Å². The van der Waals surface area contributed by atoms with Crippen LogP contribution in [-0.2, 0) is 4.74 Å². The topological polar surface area (TPSA) is 71.1 Å². The van der Waals surface area contributed by atoms with Crippen LogP contribution in [-0.4, -0.2) is 48.3 Å². The summed E-state index contributed by atoms with van der Waals surface area (Å²) in [6.07, 6.45) is 2.30. The van der Waals surface area contributed by atoms with E-state index in [0.29, 0.717) is 12.6 Å². The van der Waals surface area contributed by atoms with E-state index in [0.717, 1.165) is 32.6 Å². The third-order valence-electron chi connectivity index (χ3n) is 2.51. The Morgan fingerprint density at radius 2 is 2.50 bits per heavy atom. The van der Waals surface area contributed by atoms with Crippen molar-refractivity contribution in [2.45, 2.75) is 25.8 Å². The average molecular weight is 201 g/mol. The van der Waals surface area contributed by atoms with E-state index in [9.17, 15) is 0 Å². The zero-order valence-corrected chi connectivity index (χ0v) is 8.65. The van der Waals surface area contributed by atoms with Crippen LogP contribution in [0, 0.1) is 0 Å². The van der Waals surface area contributed by atoms with E-state index >= 15 is 0 Å². The number of hydrogen-bond acceptors (Lipinski definition) is 4. The molecule has 0 aromatic heterocycles. The molecule has 0 amide bonds. The molecule has 0 aliphatic carbocycles. The van der Waals surface area contributed by atoms with E-state index in [1.54, 1.807) is 0 Å². The van der Waals surface area contributed by atoms with E-state index in [1.165, 1.54) is 0 Å². The Labute approximate surface area is 84.5 Å². The summed E-state index contributed by atoms with van der Waals surface area (Å²) in [7, 11) is 0. The maximum absolute atomic E-state index is 8.46. The molecule has 14 heavy (non-hydrogen) atoms. The summed E-state index contributed by atoms with van der Waals surface area (Å²) >= 11 is 0. The SMILES string of the molecule is CCOC[C@@H]1CCCN1CC(N)=NO. The molecule has 1 rings (SSSR count). The second-order valence-electron chi connectivity index (χ2n) is 3.52. The molecule has 1 saturated heterocycles. The second-order valence-corrected chi connectivity index (χ2v) is 3.52. The fourth-order valence-corrected chi connectivity index (χ4v) is 1.79. The van der Waals surface area contributed by atoms with Crippen molar-refractivity contribution >= 4 is 5.84 Å². The highest BCUT2D eigenvalue weighted by Gasteiger charge is 2.24. The molecule has 5 heteroatoms. The van der Waals surface area contributed by atoms with Crippen LogP contribution in [0.3, 0.4) is 0 Å². The van der Waals surface area contributed by atoms with Crippen molar-refractivity contribution in [2.75, 3.05) is 26.3 Å². The van der Waals surface area contributed by atoms with Gasteiger partial charge in [0.2, 0.25) is 0 Å². The lowest BCUT2D eigenvalue weighted by molar-refractivity contribution is 0.0909. The first kappa shape index (κ1) is 11.3. The molecular formula is C9H19N3O2. The summed E-state index contributed by atoms with van der Waals surface area (Å²) in [5.74, 6) is 0.272. The zero-order chi connectivity index (χ0) is 10.4. The summed E-state index contributed by atoms with van der Waals surface area (Å²) in [5.41, 5.74) is 5.46. The third-order valence-corrected chi connectivity index (χ3v) is 2.51. The van der Waals surface area contributed by atoms with Gasteiger partial charge in [-0.2, -0.15) is 0 Å². The molecule has 0 aromatic rings. The Balaban J connectivity index is 2.35. The standard InChI is InChI=1S/C9H19N3O2/c1-2-14-7-8-4-3-5-12(8)6-9(10)11-13/h8,13H,2-7H2,1H3,(H2,10,11)/t8-/m0/s1. The Hall–Kier alpha value is -0.810. The molecule has 1 heterocycles. The molecule has 82 valence electrons. The first-order valence-electron chi connectivity index (χ1n) is 5.06. The lowest BCUT2D eigenvalue weighted by Crippen LogP contribution is -2.39. The van der Waals surface area contributed by atoms with Gasteiger partial charge in [0.05, 0.1) is 13.2 Å². The van der Waals surface area contributed by atoms with Gasteiger partial charge in [-0.05, 0) is 26.3 Å². The molecule has 0 bridgehead atoms. The molecule has 3 N–H and O–H groups in total. The van der Waals surface area contributed by atoms with Gasteiger partial charge in [-0.1, -0.05) is 5.16 Å². The van der Waals surface area contributed by atoms with Gasteiger partial charge < -0.3 is 15.7 Å². The highest BCUT2D eigenvalue weighted by molar-refractivity contribution is 5.81. The van der Waals surface area contributed by atoms with Crippen LogP contribution in [0.4, 0.5) is 0 Å². The lowest BCUT2D eigenvalue weighted by Gasteiger charge is -2.23. The third kappa shape index (κ3) is 3.16. The Kier molecular flexibility index (Phi) is 4.69. The van der Waals surface area contributed by atoms with Gasteiger partial charge in [0.25, 0.3) is 0 Å². The number of rotatable bonds is 5. The van der Waals surface area contributed by atoms with Crippen LogP contribution in [0.25, 0.3) is 0 Å². The van der Waals surface area contributed by atoms with Crippen molar-refractivity contribution in [2.24, 2.45) is 10.9 Å². The summed E-state index contributed by atoms with van der Waals surface area (Å²) in [6, 6.07) is 0.426. The Bertz CT molecular complexity index is 196. The predicted octanol–water partition coefficient (Wildman–Crippen LogP) is 0.234. The molecule has 1 aliphatic rings. The van der Waals surface area contributed by atoms with E-state index < -0.39 is 0 Å². The minimum atomic E-state index is 0.272. The van der Waals surface area contributed by atoms with Crippen LogP contribution in [0.5, 0.6) is 0 Å². The largest absolute Gasteiger partial charge is 0.409 e. The van der Waals surface area contributed by atoms with Gasteiger partial charge in [0.1, 0.15) is 0 Å². The van der Waals surface area contributed by atoms with Gasteiger partial charge in [-0.15, -0.1) is 0 Å². The maximum Gasteiger partial charge on any atom is 0.153 e. The lowest BCUT2D eigenvalue weighted by atomic mass is 10.2. The molecule has 0 saturated carbocycles. The predicted molar refractivity (Wildman–Crippen MR) is 54.5 cm³/mol. The number of nitrogens with two attached hydrogens (primary N) is 1. The van der Waals surface area contributed by atoms with E-state index in [-0.39, 0.29) is 5.84 Å². The summed E-state index contributed by atoms with van der Waals surface area (Å²) in [4.78, 5) is 2.20. The normalized spacial score (nSPS) is 24.4. The van der Waals surface area contributed by atoms with Crippen LogP contribution in [0.2, 0.25) is 0 Å². The highest BCUT2D eigenvalue weighted by Crippen LogP contribution is 2.16. The van der Waals surface area contributed by atoms with Crippen LogP contribution in [0.15, 0.2) is 5.16 Å². The number of amidine groups is 1. The molecule has 0 radical (unpaired) electrons. The van der Waals surface area contributed by atoms with Crippen LogP contribution in [0.1, 0.15) is 19.8 Å². The number of likely N-dealkylation sites (tertiary alicyclic amines) is 1. The van der Waals surface area contributed by atoms with Gasteiger partial charge in [0, 0.05) is 12.6 Å². The number of nitrogens with zero attached hydrogens (tertiary/aromatic N) is 2. The Morgan fingerprint density at radius 3 is 3.14 bits per heavy atom. The fraction of sp³-hybridized carbons (Fsp3) is 0.889. The maximum atomic E-state index is 8.46. The zero-order valence-electron chi connectivity index (χ0n) is 8.65. The number of oxime groups is 1. The summed E-state index contributed by atoms with van der Waals surface area (Å²) in [5, 5.41) is 11.4. The van der Waals surface area contributed by atoms with Crippen molar-refractivity contribution in [3.8, 4) is 0 Å². The molecule has 0 unspecified atom stereocenters. The fourth-order valence-electron chi connectivity index (χ4n) is 1.79. The van der Waals surface area contributed by atoms with Gasteiger partial charge in [0.15, 0.2) is 5.84 Å². The van der Waals surface area contributed by atoms with Gasteiger partial charge >= 0.3 is 0 Å². The summed E-state index contributed by atoms with van der Waals surface area (Å²) < 4.78 is 5.38. The molecule has 1 aliphatic heterocycles. The van der Waals surface area contributed by atoms with E-state index in [1.807, 2.05) is 6.92 Å². The van der Waals surface area contributed by atoms with E-state index in [4.69, 9.17) is 15.7 Å². The number of hydrogen-bond donors (Lipinski definition) is 2. The minimum Gasteiger partial charge on any atom is -0.409 e. The minimum absolute atomic E-state index is 0.272. The van der Waals surface area contributed by atoms with Crippen LogP contribution >= 0.6 is 0 Å². The van der Waals surface area contributed by atoms with Crippen molar-refractivity contribution in [3.63, 3.8) is 0 Å². The molecule has 5 nitrogen and oxygen atoms in total. The average Bonchev–Trinajstić information content (AvgIpc) is 2.62. The molecule has 0 spiro atoms. The molecule has 1 fully saturated rings. The summed E-state index contributed by atoms with van der Waals surface area (Å²) in [6.45, 7) is 5.02. The number of ether oxygens (including phenoxy) is 1. The van der Waals surface area contributed by atoms with E-state index in [2.05, 4.69) is 10.1 Å². The van der Waals surface area contributed by atoms with Crippen molar-refractivity contribution < 1.29 is 9.94 Å². The second kappa shape index (κ2) is 5.82. The van der Waals surface area contributed by atoms with Gasteiger partial charge in [-0.3, -0.25) is 4.90 Å². The van der Waals surface area contributed by atoms with Crippen molar-refractivity contribution in [1.29, 1.82) is 0 Å². The molecule has 0 aromatic carbocycles. The first-order valence-corrected chi connectivity index (χ1v) is 5.06. The molecule has 1 atom stereocenters.